The van der Waals surface area contributed by atoms with Gasteiger partial charge in [0.05, 0.1) is 96.2 Å². The number of hydrogen-bond donors (Lipinski definition) is 8. The number of thiol groups is 8. The highest BCUT2D eigenvalue weighted by atomic mass is 32.1. The summed E-state index contributed by atoms with van der Waals surface area (Å²) in [5.74, 6) is -3.47. The van der Waals surface area contributed by atoms with Crippen LogP contribution >= 0.6 is 101 Å². The molecule has 492 valence electrons. The van der Waals surface area contributed by atoms with E-state index in [2.05, 4.69) is 101 Å². The number of carbonyl (C=O) groups excluding carboxylic acids is 8. The Kier molecular flexibility index (Phi) is 48.2. The number of ether oxygens (including phenoxy) is 9. The lowest BCUT2D eigenvalue weighted by atomic mass is 9.92. The fourth-order valence-corrected chi connectivity index (χ4v) is 7.66. The van der Waals surface area contributed by atoms with Crippen LogP contribution in [0, 0.1) is 5.41 Å². The van der Waals surface area contributed by atoms with E-state index in [9.17, 15) is 52.7 Å². The average molecular weight is 1360 g/mol. The molecule has 0 aliphatic heterocycles. The van der Waals surface area contributed by atoms with Gasteiger partial charge in [-0.05, 0) is 19.3 Å². The third-order valence-electron chi connectivity index (χ3n) is 10.5. The zero-order chi connectivity index (χ0) is 65.2. The fourth-order valence-electron chi connectivity index (χ4n) is 6.47. The van der Waals surface area contributed by atoms with Crippen molar-refractivity contribution in [3.8, 4) is 0 Å². The van der Waals surface area contributed by atoms with E-state index in [-0.39, 0.29) is 158 Å². The van der Waals surface area contributed by atoms with Gasteiger partial charge in [0.1, 0.15) is 39.6 Å². The summed E-state index contributed by atoms with van der Waals surface area (Å²) in [6.07, 6.45) is 4.31. The molecule has 85 heavy (non-hydrogen) atoms. The highest BCUT2D eigenvalue weighted by Crippen LogP contribution is 2.23. The summed E-state index contributed by atoms with van der Waals surface area (Å²) in [4.78, 5) is 133. The smallest absolute Gasteiger partial charge is 0.336 e. The number of carbonyl (C=O) groups is 8. The van der Waals surface area contributed by atoms with Gasteiger partial charge < -0.3 is 42.6 Å². The summed E-state index contributed by atoms with van der Waals surface area (Å²) in [6, 6.07) is 0. The molecule has 0 aromatic carbocycles. The maximum absolute atomic E-state index is 12.9. The first-order chi connectivity index (χ1) is 39.7. The van der Waals surface area contributed by atoms with Crippen molar-refractivity contribution in [2.45, 2.75) is 201 Å². The number of unbranched alkanes of at least 4 members (excludes halogenated alkanes) is 2. The molecular formula is C54H93N3O20S8. The normalized spacial score (nSPS) is 14.5. The molecule has 0 N–H and O–H groups in total. The Bertz CT molecular complexity index is 2070. The van der Waals surface area contributed by atoms with Gasteiger partial charge in [-0.25, -0.2) is 28.1 Å². The van der Waals surface area contributed by atoms with Gasteiger partial charge in [-0.15, -0.1) is 0 Å². The molecule has 0 fully saturated rings. The predicted molar refractivity (Wildman–Crippen MR) is 349 cm³/mol. The van der Waals surface area contributed by atoms with Gasteiger partial charge in [0.25, 0.3) is 0 Å². The molecule has 0 aliphatic rings. The Morgan fingerprint density at radius 1 is 0.329 bits per heavy atom. The quantitative estimate of drug-likeness (QED) is 0.0168. The van der Waals surface area contributed by atoms with Crippen molar-refractivity contribution in [3.63, 3.8) is 0 Å². The van der Waals surface area contributed by atoms with Crippen molar-refractivity contribution in [1.82, 2.24) is 13.7 Å². The van der Waals surface area contributed by atoms with E-state index in [0.29, 0.717) is 45.5 Å². The van der Waals surface area contributed by atoms with Crippen LogP contribution < -0.4 is 17.1 Å². The molecule has 0 radical (unpaired) electrons. The number of aromatic nitrogens is 3. The van der Waals surface area contributed by atoms with E-state index >= 15 is 0 Å². The van der Waals surface area contributed by atoms with Crippen molar-refractivity contribution in [2.75, 3.05) is 66.1 Å². The molecule has 0 aliphatic carbocycles. The first-order valence-corrected chi connectivity index (χ1v) is 32.1. The van der Waals surface area contributed by atoms with Crippen LogP contribution in [0.5, 0.6) is 0 Å². The third-order valence-corrected chi connectivity index (χ3v) is 12.0. The molecule has 0 amide bonds. The Morgan fingerprint density at radius 3 is 0.753 bits per heavy atom. The van der Waals surface area contributed by atoms with Gasteiger partial charge in [-0.1, -0.05) is 68.7 Å². The van der Waals surface area contributed by atoms with Crippen LogP contribution in [0.15, 0.2) is 14.4 Å². The maximum Gasteiger partial charge on any atom is 0.336 e. The van der Waals surface area contributed by atoms with Crippen molar-refractivity contribution < 1.29 is 81.0 Å². The lowest BCUT2D eigenvalue weighted by Crippen LogP contribution is -2.55. The predicted octanol–water partition coefficient (Wildman–Crippen LogP) is 5.74. The van der Waals surface area contributed by atoms with Crippen molar-refractivity contribution in [1.29, 1.82) is 0 Å². The first kappa shape index (κ1) is 84.0. The molecule has 0 saturated heterocycles. The second-order valence-corrected chi connectivity index (χ2v) is 27.5. The topological polar surface area (TPSA) is 286 Å². The summed E-state index contributed by atoms with van der Waals surface area (Å²) < 4.78 is 49.3. The molecule has 31 heteroatoms. The van der Waals surface area contributed by atoms with Crippen molar-refractivity contribution >= 4 is 149 Å². The van der Waals surface area contributed by atoms with Crippen LogP contribution in [0.3, 0.4) is 0 Å². The Labute approximate surface area is 543 Å². The highest BCUT2D eigenvalue weighted by Gasteiger charge is 2.37. The molecule has 0 spiro atoms. The lowest BCUT2D eigenvalue weighted by molar-refractivity contribution is -0.167. The Hall–Kier alpha value is -3.07. The molecule has 1 heterocycles. The lowest BCUT2D eigenvalue weighted by Gasteiger charge is -2.32. The molecule has 1 aromatic heterocycles. The van der Waals surface area contributed by atoms with Gasteiger partial charge in [0, 0.05) is 48.6 Å². The van der Waals surface area contributed by atoms with Crippen LogP contribution in [-0.2, 0) is 101 Å². The second kappa shape index (κ2) is 48.8. The van der Waals surface area contributed by atoms with Crippen LogP contribution in [0.1, 0.15) is 139 Å². The van der Waals surface area contributed by atoms with E-state index < -0.39 is 58.3 Å². The molecule has 1 rings (SSSR count). The highest BCUT2D eigenvalue weighted by molar-refractivity contribution is 7.82. The largest absolute Gasteiger partial charge is 0.466 e. The minimum atomic E-state index is -1.02. The zero-order valence-corrected chi connectivity index (χ0v) is 57.5. The molecule has 1 aromatic rings. The van der Waals surface area contributed by atoms with Crippen LogP contribution in [-0.4, -0.2) is 170 Å². The van der Waals surface area contributed by atoms with Gasteiger partial charge in [0.2, 0.25) is 0 Å². The van der Waals surface area contributed by atoms with Crippen molar-refractivity contribution in [2.24, 2.45) is 5.41 Å². The monoisotopic (exact) mass is 1360 g/mol. The number of esters is 8. The maximum atomic E-state index is 12.9. The molecule has 0 bridgehead atoms. The fraction of sp³-hybridized carbons (Fsp3) is 0.796. The summed E-state index contributed by atoms with van der Waals surface area (Å²) in [5.41, 5.74) is -3.90. The number of hydrogen-bond acceptors (Lipinski definition) is 28. The summed E-state index contributed by atoms with van der Waals surface area (Å²) in [7, 11) is 0. The van der Waals surface area contributed by atoms with Crippen molar-refractivity contribution in [3.05, 3.63) is 31.5 Å². The number of rotatable bonds is 41. The second-order valence-electron chi connectivity index (χ2n) is 20.4. The first-order valence-electron chi connectivity index (χ1n) is 28.0. The Balaban J connectivity index is 0. The van der Waals surface area contributed by atoms with E-state index in [1.54, 1.807) is 41.5 Å². The average Bonchev–Trinajstić information content (AvgIpc) is 3.25. The standard InChI is InChI=1S/C21H33N3O9S3.C21H38O7S3.C12H22O4S2/c1-13(34)10-16(25)31-7-4-22-19(28)23(5-8-32-17(26)11-14(2)35)21(30)24(20(22)29)6-9-33-18(27)12-15(3)36;1-5-6-7-25-11-21(12-26-18(22)8-15(2)29,13-27-19(23)9-16(3)30)14-28-20(24)10-17(4)31;1-9(17)7-11(13)15-5-3-4-6-16-12(14)8-10(2)18/h13-15,34-36H,4-12H2,1-3H3;15-17,29-31H,5-14H2,1-4H3;9-10,17-18H,3-8H2,1-2H3. The molecule has 23 nitrogen and oxygen atoms in total. The summed E-state index contributed by atoms with van der Waals surface area (Å²) in [6.45, 7) is 15.3. The summed E-state index contributed by atoms with van der Waals surface area (Å²) >= 11 is 33.1. The SMILES string of the molecule is CC(S)CC(=O)OCCCCOC(=O)CC(C)S.CC(S)CC(=O)OCCn1c(=O)n(CCOC(=O)CC(C)S)c(=O)n(CCOC(=O)CC(C)S)c1=O.CCCCOCC(COC(=O)CC(C)S)(COC(=O)CC(C)S)COC(=O)CC(C)S. The van der Waals surface area contributed by atoms with Crippen LogP contribution in [0.2, 0.25) is 0 Å². The minimum absolute atomic E-state index is 0.0154. The van der Waals surface area contributed by atoms with Gasteiger partial charge in [0.15, 0.2) is 0 Å². The molecule has 8 unspecified atom stereocenters. The van der Waals surface area contributed by atoms with Crippen LogP contribution in [0.25, 0.3) is 0 Å². The Morgan fingerprint density at radius 2 is 0.541 bits per heavy atom. The van der Waals surface area contributed by atoms with Gasteiger partial charge in [-0.2, -0.15) is 101 Å². The van der Waals surface area contributed by atoms with Gasteiger partial charge in [-0.3, -0.25) is 38.4 Å². The van der Waals surface area contributed by atoms with E-state index in [4.69, 9.17) is 42.6 Å². The zero-order valence-electron chi connectivity index (χ0n) is 50.4. The molecular weight excluding hydrogens is 1270 g/mol. The van der Waals surface area contributed by atoms with E-state index in [1.165, 1.54) is 0 Å². The molecule has 0 saturated carbocycles. The van der Waals surface area contributed by atoms with Crippen LogP contribution in [0.4, 0.5) is 0 Å². The number of nitrogens with zero attached hydrogens (tertiary/aromatic N) is 3. The van der Waals surface area contributed by atoms with E-state index in [1.807, 2.05) is 20.8 Å². The van der Waals surface area contributed by atoms with Gasteiger partial charge >= 0.3 is 64.8 Å². The molecule has 8 atom stereocenters. The third kappa shape index (κ3) is 45.8. The van der Waals surface area contributed by atoms with E-state index in [0.717, 1.165) is 26.5 Å². The summed E-state index contributed by atoms with van der Waals surface area (Å²) in [5, 5.41) is -1.16. The minimum Gasteiger partial charge on any atom is -0.466 e.